The van der Waals surface area contributed by atoms with E-state index in [4.69, 9.17) is 11.6 Å². The first-order valence-corrected chi connectivity index (χ1v) is 5.87. The Labute approximate surface area is 102 Å². The van der Waals surface area contributed by atoms with E-state index >= 15 is 0 Å². The Balaban J connectivity index is 2.78. The van der Waals surface area contributed by atoms with Gasteiger partial charge in [0.2, 0.25) is 0 Å². The normalized spacial score (nSPS) is 10.6. The van der Waals surface area contributed by atoms with Crippen LogP contribution in [0.5, 0.6) is 0 Å². The van der Waals surface area contributed by atoms with Crippen LogP contribution in [0.3, 0.4) is 0 Å². The summed E-state index contributed by atoms with van der Waals surface area (Å²) in [6.45, 7) is 2.88. The fourth-order valence-corrected chi connectivity index (χ4v) is 2.28. The van der Waals surface area contributed by atoms with E-state index < -0.39 is 0 Å². The maximum atomic E-state index is 6.12. The van der Waals surface area contributed by atoms with Crippen LogP contribution in [0.2, 0.25) is 5.02 Å². The minimum Gasteiger partial charge on any atom is -0.370 e. The van der Waals surface area contributed by atoms with Gasteiger partial charge in [-0.3, -0.25) is 0 Å². The summed E-state index contributed by atoms with van der Waals surface area (Å²) in [6.07, 6.45) is 1.76. The molecule has 0 aliphatic rings. The van der Waals surface area contributed by atoms with Gasteiger partial charge in [0.15, 0.2) is 0 Å². The molecule has 78 valence electrons. The van der Waals surface area contributed by atoms with E-state index in [9.17, 15) is 0 Å². The minimum absolute atomic E-state index is 0.745. The third-order valence-electron chi connectivity index (χ3n) is 2.17. The van der Waals surface area contributed by atoms with Gasteiger partial charge in [0.05, 0.1) is 0 Å². The summed E-state index contributed by atoms with van der Waals surface area (Å²) in [4.78, 5) is 4.30. The summed E-state index contributed by atoms with van der Waals surface area (Å²) in [7, 11) is 0. The lowest BCUT2D eigenvalue weighted by molar-refractivity contribution is 1.17. The van der Waals surface area contributed by atoms with Crippen molar-refractivity contribution >= 4 is 44.1 Å². The molecule has 4 heteroatoms. The average Bonchev–Trinajstić information content (AvgIpc) is 2.24. The van der Waals surface area contributed by atoms with E-state index in [1.54, 1.807) is 6.20 Å². The standard InChI is InChI=1S/C11H10BrClN2/c1-2-14-11-10-7(5-6-15-11)9(13)4-3-8(10)12/h3-6H,2H2,1H3,(H,14,15). The fourth-order valence-electron chi connectivity index (χ4n) is 1.52. The largest absolute Gasteiger partial charge is 0.370 e. The maximum Gasteiger partial charge on any atom is 0.135 e. The third-order valence-corrected chi connectivity index (χ3v) is 3.16. The quantitative estimate of drug-likeness (QED) is 0.899. The van der Waals surface area contributed by atoms with Crippen LogP contribution in [-0.4, -0.2) is 11.5 Å². The van der Waals surface area contributed by atoms with Gasteiger partial charge in [-0.2, -0.15) is 0 Å². The van der Waals surface area contributed by atoms with Crippen molar-refractivity contribution < 1.29 is 0 Å². The van der Waals surface area contributed by atoms with Crippen LogP contribution in [0.15, 0.2) is 28.9 Å². The first-order valence-electron chi connectivity index (χ1n) is 4.70. The van der Waals surface area contributed by atoms with Crippen LogP contribution >= 0.6 is 27.5 Å². The van der Waals surface area contributed by atoms with Gasteiger partial charge >= 0.3 is 0 Å². The van der Waals surface area contributed by atoms with Gasteiger partial charge in [0, 0.05) is 33.0 Å². The highest BCUT2D eigenvalue weighted by Gasteiger charge is 2.07. The number of anilines is 1. The molecule has 0 fully saturated rings. The van der Waals surface area contributed by atoms with Crippen LogP contribution in [0.25, 0.3) is 10.8 Å². The first kappa shape index (κ1) is 10.7. The molecular formula is C11H10BrClN2. The number of halogens is 2. The van der Waals surface area contributed by atoms with Crippen molar-refractivity contribution in [2.45, 2.75) is 6.92 Å². The van der Waals surface area contributed by atoms with E-state index in [1.807, 2.05) is 25.1 Å². The summed E-state index contributed by atoms with van der Waals surface area (Å²) in [6, 6.07) is 5.74. The Hall–Kier alpha value is -0.800. The number of hydrogen-bond donors (Lipinski definition) is 1. The Bertz CT molecular complexity index is 499. The van der Waals surface area contributed by atoms with Gasteiger partial charge in [-0.15, -0.1) is 0 Å². The van der Waals surface area contributed by atoms with Gasteiger partial charge in [-0.25, -0.2) is 4.98 Å². The van der Waals surface area contributed by atoms with Crippen molar-refractivity contribution in [2.24, 2.45) is 0 Å². The number of benzene rings is 1. The highest BCUT2D eigenvalue weighted by Crippen LogP contribution is 2.33. The second kappa shape index (κ2) is 4.37. The molecule has 0 saturated heterocycles. The van der Waals surface area contributed by atoms with E-state index in [2.05, 4.69) is 26.2 Å². The number of fused-ring (bicyclic) bond motifs is 1. The molecule has 1 N–H and O–H groups in total. The van der Waals surface area contributed by atoms with E-state index in [0.29, 0.717) is 0 Å². The molecule has 0 saturated carbocycles. The van der Waals surface area contributed by atoms with Crippen LogP contribution in [0, 0.1) is 0 Å². The lowest BCUT2D eigenvalue weighted by Gasteiger charge is -2.09. The molecular weight excluding hydrogens is 275 g/mol. The number of nitrogens with zero attached hydrogens (tertiary/aromatic N) is 1. The molecule has 0 atom stereocenters. The molecule has 0 spiro atoms. The van der Waals surface area contributed by atoms with Crippen molar-refractivity contribution in [3.05, 3.63) is 33.9 Å². The second-order valence-electron chi connectivity index (χ2n) is 3.14. The SMILES string of the molecule is CCNc1nccc2c(Cl)ccc(Br)c12. The zero-order valence-electron chi connectivity index (χ0n) is 8.22. The highest BCUT2D eigenvalue weighted by atomic mass is 79.9. The number of aromatic nitrogens is 1. The molecule has 0 aliphatic carbocycles. The molecule has 0 aliphatic heterocycles. The zero-order valence-corrected chi connectivity index (χ0v) is 10.6. The summed E-state index contributed by atoms with van der Waals surface area (Å²) in [5, 5.41) is 6.01. The number of rotatable bonds is 2. The molecule has 2 nitrogen and oxygen atoms in total. The third kappa shape index (κ3) is 1.94. The number of nitrogens with one attached hydrogen (secondary N) is 1. The van der Waals surface area contributed by atoms with Crippen molar-refractivity contribution in [2.75, 3.05) is 11.9 Å². The molecule has 1 aromatic carbocycles. The molecule has 15 heavy (non-hydrogen) atoms. The molecule has 0 amide bonds. The Morgan fingerprint density at radius 1 is 1.40 bits per heavy atom. The monoisotopic (exact) mass is 284 g/mol. The summed E-state index contributed by atoms with van der Waals surface area (Å²) < 4.78 is 1.01. The van der Waals surface area contributed by atoms with E-state index in [0.717, 1.165) is 32.6 Å². The van der Waals surface area contributed by atoms with Gasteiger partial charge in [0.1, 0.15) is 5.82 Å². The Kier molecular flexibility index (Phi) is 3.12. The van der Waals surface area contributed by atoms with Gasteiger partial charge in [-0.1, -0.05) is 27.5 Å². The van der Waals surface area contributed by atoms with Gasteiger partial charge < -0.3 is 5.32 Å². The molecule has 0 unspecified atom stereocenters. The fraction of sp³-hybridized carbons (Fsp3) is 0.182. The lowest BCUT2D eigenvalue weighted by atomic mass is 10.1. The summed E-state index contributed by atoms with van der Waals surface area (Å²) in [5.41, 5.74) is 0. The van der Waals surface area contributed by atoms with Crippen LogP contribution in [0.1, 0.15) is 6.92 Å². The number of pyridine rings is 1. The molecule has 1 aromatic heterocycles. The molecule has 0 bridgehead atoms. The van der Waals surface area contributed by atoms with Crippen LogP contribution in [0.4, 0.5) is 5.82 Å². The smallest absolute Gasteiger partial charge is 0.135 e. The Morgan fingerprint density at radius 2 is 2.20 bits per heavy atom. The van der Waals surface area contributed by atoms with Crippen LogP contribution < -0.4 is 5.32 Å². The molecule has 1 heterocycles. The number of hydrogen-bond acceptors (Lipinski definition) is 2. The topological polar surface area (TPSA) is 24.9 Å². The van der Waals surface area contributed by atoms with Gasteiger partial charge in [0.25, 0.3) is 0 Å². The summed E-state index contributed by atoms with van der Waals surface area (Å²) in [5.74, 6) is 0.865. The van der Waals surface area contributed by atoms with E-state index in [-0.39, 0.29) is 0 Å². The molecule has 2 rings (SSSR count). The summed E-state index contributed by atoms with van der Waals surface area (Å²) >= 11 is 9.64. The van der Waals surface area contributed by atoms with Crippen molar-refractivity contribution in [1.82, 2.24) is 4.98 Å². The van der Waals surface area contributed by atoms with Crippen molar-refractivity contribution in [1.29, 1.82) is 0 Å². The molecule has 0 radical (unpaired) electrons. The maximum absolute atomic E-state index is 6.12. The van der Waals surface area contributed by atoms with Crippen LogP contribution in [-0.2, 0) is 0 Å². The predicted molar refractivity (Wildman–Crippen MR) is 68.6 cm³/mol. The zero-order chi connectivity index (χ0) is 10.8. The van der Waals surface area contributed by atoms with Crippen molar-refractivity contribution in [3.8, 4) is 0 Å². The first-order chi connectivity index (χ1) is 7.24. The minimum atomic E-state index is 0.745. The second-order valence-corrected chi connectivity index (χ2v) is 4.40. The molecule has 2 aromatic rings. The average molecular weight is 286 g/mol. The van der Waals surface area contributed by atoms with Gasteiger partial charge in [-0.05, 0) is 25.1 Å². The predicted octanol–water partition coefficient (Wildman–Crippen LogP) is 4.08. The van der Waals surface area contributed by atoms with E-state index in [1.165, 1.54) is 0 Å². The lowest BCUT2D eigenvalue weighted by Crippen LogP contribution is -2.00. The highest BCUT2D eigenvalue weighted by molar-refractivity contribution is 9.10. The Morgan fingerprint density at radius 3 is 2.93 bits per heavy atom. The van der Waals surface area contributed by atoms with Crippen molar-refractivity contribution in [3.63, 3.8) is 0 Å².